The molecule has 0 amide bonds. The largest absolute Gasteiger partial charge is 0.519 e. The molecule has 0 aromatic carbocycles. The third kappa shape index (κ3) is 3.29. The summed E-state index contributed by atoms with van der Waals surface area (Å²) in [6.45, 7) is -2.67. The van der Waals surface area contributed by atoms with E-state index in [0.29, 0.717) is 0 Å². The first-order valence-corrected chi connectivity index (χ1v) is 7.86. The molecule has 0 radical (unpaired) electrons. The van der Waals surface area contributed by atoms with E-state index in [1.807, 2.05) is 6.07 Å². The van der Waals surface area contributed by atoms with Gasteiger partial charge in [-0.15, -0.1) is 11.3 Å². The minimum absolute atomic E-state index is 0.422. The van der Waals surface area contributed by atoms with E-state index in [1.54, 1.807) is 0 Å². The highest BCUT2D eigenvalue weighted by Crippen LogP contribution is 2.32. The number of rotatable bonds is 6. The van der Waals surface area contributed by atoms with Crippen LogP contribution in [0, 0.1) is 0 Å². The van der Waals surface area contributed by atoms with Crippen LogP contribution >= 0.6 is 22.7 Å². The number of aryl methyl sites for hydroxylation is 1. The minimum atomic E-state index is -4.84. The average molecular weight is 291 g/mol. The fourth-order valence-electron chi connectivity index (χ4n) is 1.91. The molecule has 0 N–H and O–H groups in total. The molecule has 0 saturated carbocycles. The molecule has 0 nitrogen and oxygen atoms in total. The molecule has 0 fully saturated rings. The van der Waals surface area contributed by atoms with E-state index in [2.05, 4.69) is 6.92 Å². The van der Waals surface area contributed by atoms with Crippen molar-refractivity contribution in [1.82, 2.24) is 0 Å². The van der Waals surface area contributed by atoms with Crippen LogP contribution in [0.2, 0.25) is 0 Å². The van der Waals surface area contributed by atoms with Crippen molar-refractivity contribution in [1.29, 1.82) is 0 Å². The molecular weight excluding hydrogens is 276 g/mol. The molecule has 2 heterocycles. The lowest BCUT2D eigenvalue weighted by atomic mass is 9.90. The summed E-state index contributed by atoms with van der Waals surface area (Å²) in [5.74, 6) is 0. The third-order valence-electron chi connectivity index (χ3n) is 2.88. The SMILES string of the molecule is CCCCCCc1cc2sc([B-](F)(F)F)cc2s1. The van der Waals surface area contributed by atoms with Crippen molar-refractivity contribution in [3.8, 4) is 0 Å². The maximum absolute atomic E-state index is 12.6. The highest BCUT2D eigenvalue weighted by atomic mass is 32.1. The lowest BCUT2D eigenvalue weighted by Crippen LogP contribution is -2.30. The Bertz CT molecular complexity index is 481. The van der Waals surface area contributed by atoms with E-state index in [0.717, 1.165) is 33.6 Å². The monoisotopic (exact) mass is 291 g/mol. The number of fused-ring (bicyclic) bond motifs is 1. The van der Waals surface area contributed by atoms with Gasteiger partial charge in [-0.25, -0.2) is 0 Å². The molecule has 6 heteroatoms. The molecule has 0 aliphatic rings. The normalized spacial score (nSPS) is 12.4. The second kappa shape index (κ2) is 5.65. The second-order valence-corrected chi connectivity index (χ2v) is 6.76. The van der Waals surface area contributed by atoms with Gasteiger partial charge in [0.15, 0.2) is 0 Å². The van der Waals surface area contributed by atoms with Gasteiger partial charge in [-0.2, -0.15) is 11.3 Å². The predicted octanol–water partition coefficient (Wildman–Crippen LogP) is 5.14. The highest BCUT2D eigenvalue weighted by molar-refractivity contribution is 7.34. The van der Waals surface area contributed by atoms with Gasteiger partial charge < -0.3 is 12.9 Å². The summed E-state index contributed by atoms with van der Waals surface area (Å²) in [6, 6.07) is 3.24. The summed E-state index contributed by atoms with van der Waals surface area (Å²) in [5.41, 5.74) is 0. The Morgan fingerprint density at radius 2 is 1.72 bits per heavy atom. The van der Waals surface area contributed by atoms with Crippen LogP contribution in [0.25, 0.3) is 9.40 Å². The number of unbranched alkanes of at least 4 members (excludes halogenated alkanes) is 3. The minimum Gasteiger partial charge on any atom is -0.444 e. The third-order valence-corrected chi connectivity index (χ3v) is 5.33. The Balaban J connectivity index is 2.03. The smallest absolute Gasteiger partial charge is 0.444 e. The van der Waals surface area contributed by atoms with Crippen molar-refractivity contribution >= 4 is 43.8 Å². The molecule has 18 heavy (non-hydrogen) atoms. The first-order valence-electron chi connectivity index (χ1n) is 6.23. The molecule has 100 valence electrons. The maximum atomic E-state index is 12.6. The van der Waals surface area contributed by atoms with Crippen LogP contribution in [0.4, 0.5) is 12.9 Å². The van der Waals surface area contributed by atoms with Crippen molar-refractivity contribution in [2.24, 2.45) is 0 Å². The Hall–Kier alpha value is -0.485. The quantitative estimate of drug-likeness (QED) is 0.510. The molecule has 0 unspecified atom stereocenters. The van der Waals surface area contributed by atoms with Crippen LogP contribution in [-0.4, -0.2) is 6.98 Å². The topological polar surface area (TPSA) is 0 Å². The summed E-state index contributed by atoms with van der Waals surface area (Å²) in [5, 5.41) is 0. The molecule has 0 spiro atoms. The van der Waals surface area contributed by atoms with Crippen LogP contribution < -0.4 is 4.78 Å². The standard InChI is InChI=1S/C12H15BF3S2/c1-2-3-4-5-6-9-7-10-11(17-9)8-12(18-10)13(14,15)16/h7-8H,2-6H2,1H3/q-1. The zero-order chi connectivity index (χ0) is 13.2. The van der Waals surface area contributed by atoms with Gasteiger partial charge in [-0.05, 0) is 18.9 Å². The molecule has 0 atom stereocenters. The molecule has 0 bridgehead atoms. The van der Waals surface area contributed by atoms with Gasteiger partial charge in [0.2, 0.25) is 0 Å². The number of thiophene rings is 2. The van der Waals surface area contributed by atoms with Crippen LogP contribution in [0.1, 0.15) is 37.5 Å². The van der Waals surface area contributed by atoms with Crippen molar-refractivity contribution in [2.45, 2.75) is 39.0 Å². The van der Waals surface area contributed by atoms with Gasteiger partial charge in [0.05, 0.1) is 0 Å². The summed E-state index contributed by atoms with van der Waals surface area (Å²) >= 11 is 2.39. The van der Waals surface area contributed by atoms with Gasteiger partial charge in [0.1, 0.15) is 0 Å². The molecule has 0 aliphatic heterocycles. The second-order valence-electron chi connectivity index (χ2n) is 4.48. The van der Waals surface area contributed by atoms with Crippen molar-refractivity contribution in [3.05, 3.63) is 17.0 Å². The fourth-order valence-corrected chi connectivity index (χ4v) is 4.29. The summed E-state index contributed by atoms with van der Waals surface area (Å²) in [7, 11) is 0. The van der Waals surface area contributed by atoms with Crippen LogP contribution in [-0.2, 0) is 6.42 Å². The molecule has 2 rings (SSSR count). The zero-order valence-electron chi connectivity index (χ0n) is 10.2. The summed E-state index contributed by atoms with van der Waals surface area (Å²) in [6.07, 6.45) is 5.78. The Kier molecular flexibility index (Phi) is 4.38. The zero-order valence-corrected chi connectivity index (χ0v) is 11.9. The van der Waals surface area contributed by atoms with Gasteiger partial charge in [0.25, 0.3) is 0 Å². The lowest BCUT2D eigenvalue weighted by Gasteiger charge is -2.09. The molecule has 2 aromatic rings. The van der Waals surface area contributed by atoms with E-state index >= 15 is 0 Å². The molecule has 0 saturated heterocycles. The maximum Gasteiger partial charge on any atom is 0.519 e. The predicted molar refractivity (Wildman–Crippen MR) is 76.3 cm³/mol. The van der Waals surface area contributed by atoms with Crippen LogP contribution in [0.5, 0.6) is 0 Å². The van der Waals surface area contributed by atoms with E-state index in [1.165, 1.54) is 41.5 Å². The molecule has 2 aromatic heterocycles. The Morgan fingerprint density at radius 3 is 2.33 bits per heavy atom. The van der Waals surface area contributed by atoms with Gasteiger partial charge >= 0.3 is 6.98 Å². The Morgan fingerprint density at radius 1 is 1.00 bits per heavy atom. The number of hydrogen-bond acceptors (Lipinski definition) is 2. The molecule has 0 aliphatic carbocycles. The van der Waals surface area contributed by atoms with Crippen LogP contribution in [0.15, 0.2) is 12.1 Å². The summed E-state index contributed by atoms with van der Waals surface area (Å²) in [4.78, 5) is 1.22. The average Bonchev–Trinajstić information content (AvgIpc) is 2.80. The van der Waals surface area contributed by atoms with Crippen molar-refractivity contribution < 1.29 is 12.9 Å². The van der Waals surface area contributed by atoms with Crippen LogP contribution in [0.3, 0.4) is 0 Å². The van der Waals surface area contributed by atoms with E-state index in [-0.39, 0.29) is 0 Å². The van der Waals surface area contributed by atoms with E-state index in [9.17, 15) is 12.9 Å². The van der Waals surface area contributed by atoms with Gasteiger partial charge in [-0.3, -0.25) is 0 Å². The fraction of sp³-hybridized carbons (Fsp3) is 0.500. The van der Waals surface area contributed by atoms with Gasteiger partial charge in [0, 0.05) is 14.3 Å². The highest BCUT2D eigenvalue weighted by Gasteiger charge is 2.28. The Labute approximate surface area is 113 Å². The number of hydrogen-bond donors (Lipinski definition) is 0. The summed E-state index contributed by atoms with van der Waals surface area (Å²) < 4.78 is 38.9. The van der Waals surface area contributed by atoms with Crippen molar-refractivity contribution in [3.63, 3.8) is 0 Å². The first-order chi connectivity index (χ1) is 8.50. The molecular formula is C12H15BF3S2-. The lowest BCUT2D eigenvalue weighted by molar-refractivity contribution is 0.503. The number of halogens is 3. The van der Waals surface area contributed by atoms with Gasteiger partial charge in [-0.1, -0.05) is 37.0 Å². The van der Waals surface area contributed by atoms with E-state index in [4.69, 9.17) is 0 Å². The first kappa shape index (κ1) is 13.9. The van der Waals surface area contributed by atoms with Crippen molar-refractivity contribution in [2.75, 3.05) is 0 Å². The van der Waals surface area contributed by atoms with E-state index < -0.39 is 11.8 Å².